The van der Waals surface area contributed by atoms with E-state index in [1.165, 1.54) is 12.1 Å². The lowest BCUT2D eigenvalue weighted by Crippen LogP contribution is -2.14. The molecule has 112 valence electrons. The number of hydrogen-bond donors (Lipinski definition) is 1. The minimum atomic E-state index is -0.463. The van der Waals surface area contributed by atoms with Crippen molar-refractivity contribution in [3.63, 3.8) is 0 Å². The second-order valence-corrected chi connectivity index (χ2v) is 5.56. The van der Waals surface area contributed by atoms with Gasteiger partial charge < -0.3 is 15.2 Å². The predicted molar refractivity (Wildman–Crippen MR) is 84.4 cm³/mol. The predicted octanol–water partition coefficient (Wildman–Crippen LogP) is 3.96. The van der Waals surface area contributed by atoms with E-state index in [0.717, 1.165) is 15.6 Å². The molecule has 21 heavy (non-hydrogen) atoms. The molecule has 1 atom stereocenters. The van der Waals surface area contributed by atoms with Crippen LogP contribution in [0.1, 0.15) is 22.7 Å². The first-order valence-corrected chi connectivity index (χ1v) is 7.20. The third-order valence-electron chi connectivity index (χ3n) is 3.40. The average molecular weight is 354 g/mol. The fourth-order valence-electron chi connectivity index (χ4n) is 2.25. The van der Waals surface area contributed by atoms with Crippen molar-refractivity contribution in [2.75, 3.05) is 14.2 Å². The molecule has 0 bridgehead atoms. The van der Waals surface area contributed by atoms with Gasteiger partial charge in [-0.1, -0.05) is 15.9 Å². The molecule has 5 heteroatoms. The number of nitrogens with two attached hydrogens (primary N) is 1. The third-order valence-corrected chi connectivity index (χ3v) is 4.12. The topological polar surface area (TPSA) is 44.5 Å². The number of halogens is 2. The molecular formula is C16H17BrFNO2. The number of aryl methyl sites for hydroxylation is 1. The van der Waals surface area contributed by atoms with E-state index < -0.39 is 6.04 Å². The van der Waals surface area contributed by atoms with Crippen LogP contribution in [0.25, 0.3) is 0 Å². The highest BCUT2D eigenvalue weighted by molar-refractivity contribution is 9.10. The second kappa shape index (κ2) is 6.45. The zero-order valence-corrected chi connectivity index (χ0v) is 13.7. The molecule has 0 aliphatic rings. The maximum atomic E-state index is 13.5. The quantitative estimate of drug-likeness (QED) is 0.904. The maximum Gasteiger partial charge on any atom is 0.161 e. The van der Waals surface area contributed by atoms with Crippen molar-refractivity contribution in [3.8, 4) is 11.5 Å². The van der Waals surface area contributed by atoms with Crippen LogP contribution in [-0.2, 0) is 0 Å². The zero-order valence-electron chi connectivity index (χ0n) is 12.1. The Kier molecular flexibility index (Phi) is 4.85. The Morgan fingerprint density at radius 2 is 1.67 bits per heavy atom. The van der Waals surface area contributed by atoms with Gasteiger partial charge in [-0.05, 0) is 53.9 Å². The Labute approximate surface area is 132 Å². The van der Waals surface area contributed by atoms with Crippen LogP contribution >= 0.6 is 15.9 Å². The Morgan fingerprint density at radius 3 is 2.29 bits per heavy atom. The van der Waals surface area contributed by atoms with Gasteiger partial charge in [-0.2, -0.15) is 0 Å². The lowest BCUT2D eigenvalue weighted by atomic mass is 9.95. The van der Waals surface area contributed by atoms with E-state index in [4.69, 9.17) is 15.2 Å². The van der Waals surface area contributed by atoms with Gasteiger partial charge in [0.25, 0.3) is 0 Å². The van der Waals surface area contributed by atoms with Gasteiger partial charge in [0.15, 0.2) is 11.5 Å². The lowest BCUT2D eigenvalue weighted by Gasteiger charge is -2.19. The van der Waals surface area contributed by atoms with E-state index in [-0.39, 0.29) is 5.82 Å². The smallest absolute Gasteiger partial charge is 0.161 e. The molecule has 2 rings (SSSR count). The van der Waals surface area contributed by atoms with Crippen LogP contribution in [0.2, 0.25) is 0 Å². The van der Waals surface area contributed by atoms with Gasteiger partial charge in [0.1, 0.15) is 5.82 Å². The van der Waals surface area contributed by atoms with E-state index in [9.17, 15) is 4.39 Å². The van der Waals surface area contributed by atoms with E-state index in [2.05, 4.69) is 15.9 Å². The Morgan fingerprint density at radius 1 is 1.05 bits per heavy atom. The first-order chi connectivity index (χ1) is 9.97. The molecule has 0 heterocycles. The average Bonchev–Trinajstić information content (AvgIpc) is 2.48. The number of ether oxygens (including phenoxy) is 2. The highest BCUT2D eigenvalue weighted by Gasteiger charge is 2.18. The van der Waals surface area contributed by atoms with Crippen LogP contribution in [0.4, 0.5) is 4.39 Å². The Bertz CT molecular complexity index is 661. The van der Waals surface area contributed by atoms with Gasteiger partial charge >= 0.3 is 0 Å². The van der Waals surface area contributed by atoms with Gasteiger partial charge in [-0.25, -0.2) is 4.39 Å². The van der Waals surface area contributed by atoms with Crippen LogP contribution in [-0.4, -0.2) is 14.2 Å². The summed E-state index contributed by atoms with van der Waals surface area (Å²) in [6.07, 6.45) is 0. The molecule has 3 nitrogen and oxygen atoms in total. The summed E-state index contributed by atoms with van der Waals surface area (Å²) < 4.78 is 24.8. The summed E-state index contributed by atoms with van der Waals surface area (Å²) in [6.45, 7) is 1.93. The fourth-order valence-corrected chi connectivity index (χ4v) is 2.75. The van der Waals surface area contributed by atoms with Gasteiger partial charge in [0.05, 0.1) is 20.3 Å². The number of hydrogen-bond acceptors (Lipinski definition) is 3. The zero-order chi connectivity index (χ0) is 15.6. The van der Waals surface area contributed by atoms with Crippen molar-refractivity contribution < 1.29 is 13.9 Å². The van der Waals surface area contributed by atoms with Crippen molar-refractivity contribution in [3.05, 3.63) is 57.3 Å². The fraction of sp³-hybridized carbons (Fsp3) is 0.250. The van der Waals surface area contributed by atoms with Crippen molar-refractivity contribution in [2.45, 2.75) is 13.0 Å². The third kappa shape index (κ3) is 3.19. The van der Waals surface area contributed by atoms with Crippen LogP contribution in [0.5, 0.6) is 11.5 Å². The monoisotopic (exact) mass is 353 g/mol. The molecule has 0 saturated carbocycles. The summed E-state index contributed by atoms with van der Waals surface area (Å²) in [5.41, 5.74) is 8.81. The van der Waals surface area contributed by atoms with Crippen molar-refractivity contribution in [2.24, 2.45) is 5.73 Å². The van der Waals surface area contributed by atoms with Crippen molar-refractivity contribution in [1.82, 2.24) is 0 Å². The number of benzene rings is 2. The van der Waals surface area contributed by atoms with Gasteiger partial charge in [-0.3, -0.25) is 0 Å². The molecular weight excluding hydrogens is 337 g/mol. The lowest BCUT2D eigenvalue weighted by molar-refractivity contribution is 0.354. The molecule has 1 unspecified atom stereocenters. The molecule has 2 aromatic carbocycles. The summed E-state index contributed by atoms with van der Waals surface area (Å²) in [4.78, 5) is 0. The summed E-state index contributed by atoms with van der Waals surface area (Å²) in [5.74, 6) is 0.923. The van der Waals surface area contributed by atoms with E-state index in [1.807, 2.05) is 19.1 Å². The van der Waals surface area contributed by atoms with Crippen LogP contribution in [0, 0.1) is 12.7 Å². The molecule has 0 saturated heterocycles. The SMILES string of the molecule is COc1cc(C)c(C(N)c2cc(F)ccc2Br)cc1OC. The molecule has 2 N–H and O–H groups in total. The molecule has 0 aliphatic carbocycles. The normalized spacial score (nSPS) is 12.1. The maximum absolute atomic E-state index is 13.5. The highest BCUT2D eigenvalue weighted by atomic mass is 79.9. The van der Waals surface area contributed by atoms with Gasteiger partial charge in [-0.15, -0.1) is 0 Å². The molecule has 0 aromatic heterocycles. The highest BCUT2D eigenvalue weighted by Crippen LogP contribution is 2.36. The summed E-state index contributed by atoms with van der Waals surface area (Å²) >= 11 is 3.41. The van der Waals surface area contributed by atoms with Crippen LogP contribution in [0.15, 0.2) is 34.8 Å². The summed E-state index contributed by atoms with van der Waals surface area (Å²) in [6, 6.07) is 7.71. The molecule has 0 amide bonds. The van der Waals surface area contributed by atoms with Crippen LogP contribution < -0.4 is 15.2 Å². The number of rotatable bonds is 4. The minimum absolute atomic E-state index is 0.318. The van der Waals surface area contributed by atoms with Crippen LogP contribution in [0.3, 0.4) is 0 Å². The first kappa shape index (κ1) is 15.8. The van der Waals surface area contributed by atoms with Crippen molar-refractivity contribution >= 4 is 15.9 Å². The number of methoxy groups -OCH3 is 2. The molecule has 0 aliphatic heterocycles. The van der Waals surface area contributed by atoms with E-state index in [0.29, 0.717) is 17.1 Å². The first-order valence-electron chi connectivity index (χ1n) is 6.41. The Hall–Kier alpha value is -1.59. The van der Waals surface area contributed by atoms with E-state index >= 15 is 0 Å². The summed E-state index contributed by atoms with van der Waals surface area (Å²) in [7, 11) is 3.15. The molecule has 0 spiro atoms. The van der Waals surface area contributed by atoms with E-state index in [1.54, 1.807) is 20.3 Å². The molecule has 0 radical (unpaired) electrons. The molecule has 0 fully saturated rings. The summed E-state index contributed by atoms with van der Waals surface area (Å²) in [5, 5.41) is 0. The Balaban J connectivity index is 2.52. The van der Waals surface area contributed by atoms with Gasteiger partial charge in [0, 0.05) is 4.47 Å². The minimum Gasteiger partial charge on any atom is -0.493 e. The van der Waals surface area contributed by atoms with Crippen molar-refractivity contribution in [1.29, 1.82) is 0 Å². The molecule has 2 aromatic rings. The largest absolute Gasteiger partial charge is 0.493 e. The second-order valence-electron chi connectivity index (χ2n) is 4.71. The van der Waals surface area contributed by atoms with Gasteiger partial charge in [0.2, 0.25) is 0 Å². The standard InChI is InChI=1S/C16H17BrFNO2/c1-9-6-14(20-2)15(21-3)8-11(9)16(19)12-7-10(18)4-5-13(12)17/h4-8,16H,19H2,1-3H3.